The number of carbonyl (C=O) groups is 2. The molecule has 2 amide bonds. The van der Waals surface area contributed by atoms with Crippen molar-refractivity contribution < 1.29 is 9.59 Å². The van der Waals surface area contributed by atoms with E-state index in [2.05, 4.69) is 69.1 Å². The van der Waals surface area contributed by atoms with Crippen molar-refractivity contribution in [3.8, 4) is 11.1 Å². The van der Waals surface area contributed by atoms with E-state index in [1.54, 1.807) is 6.08 Å². The molecule has 1 N–H and O–H groups in total. The second kappa shape index (κ2) is 7.80. The number of rotatable bonds is 3. The Balaban J connectivity index is 1.85. The number of imide groups is 1. The van der Waals surface area contributed by atoms with Crippen LogP contribution in [0.1, 0.15) is 62.8 Å². The quantitative estimate of drug-likeness (QED) is 0.552. The number of benzene rings is 2. The molecule has 1 heterocycles. The van der Waals surface area contributed by atoms with Crippen LogP contribution in [0.2, 0.25) is 0 Å². The highest BCUT2D eigenvalue weighted by molar-refractivity contribution is 8.18. The second-order valence-electron chi connectivity index (χ2n) is 10.5. The number of nitrogens with zero attached hydrogens (tertiary/aromatic N) is 1. The van der Waals surface area contributed by atoms with Gasteiger partial charge in [-0.3, -0.25) is 14.9 Å². The minimum absolute atomic E-state index is 0.148. The summed E-state index contributed by atoms with van der Waals surface area (Å²) in [6, 6.07) is 11.1. The summed E-state index contributed by atoms with van der Waals surface area (Å²) in [5.41, 5.74) is 8.95. The number of thioether (sulfide) groups is 1. The van der Waals surface area contributed by atoms with Gasteiger partial charge in [0.25, 0.3) is 11.1 Å². The lowest BCUT2D eigenvalue weighted by molar-refractivity contribution is -0.115. The fraction of sp³-hybridized carbons (Fsp3) is 0.407. The van der Waals surface area contributed by atoms with Gasteiger partial charge in [0.05, 0.1) is 4.91 Å². The first-order valence-electron chi connectivity index (χ1n) is 11.1. The molecule has 1 saturated heterocycles. The van der Waals surface area contributed by atoms with Crippen LogP contribution in [-0.4, -0.2) is 25.2 Å². The van der Waals surface area contributed by atoms with Gasteiger partial charge in [0.15, 0.2) is 0 Å². The number of hydrogen-bond donors (Lipinski definition) is 1. The highest BCUT2D eigenvalue weighted by Gasteiger charge is 2.37. The summed E-state index contributed by atoms with van der Waals surface area (Å²) in [6.07, 6.45) is 4.17. The third-order valence-electron chi connectivity index (χ3n) is 6.93. The zero-order valence-electron chi connectivity index (χ0n) is 20.1. The van der Waals surface area contributed by atoms with Crippen LogP contribution in [0.4, 0.5) is 10.5 Å². The molecule has 4 rings (SSSR count). The predicted octanol–water partition coefficient (Wildman–Crippen LogP) is 6.40. The van der Waals surface area contributed by atoms with Gasteiger partial charge in [0.1, 0.15) is 0 Å². The number of aryl methyl sites for hydroxylation is 1. The Hall–Kier alpha value is -2.53. The zero-order valence-corrected chi connectivity index (χ0v) is 20.9. The number of amides is 2. The molecule has 5 heteroatoms. The lowest BCUT2D eigenvalue weighted by atomic mass is 9.62. The molecule has 0 aromatic heterocycles. The van der Waals surface area contributed by atoms with E-state index in [0.717, 1.165) is 23.0 Å². The lowest BCUT2D eigenvalue weighted by Crippen LogP contribution is -2.34. The first-order chi connectivity index (χ1) is 14.9. The highest BCUT2D eigenvalue weighted by Crippen LogP contribution is 2.48. The number of anilines is 1. The maximum Gasteiger partial charge on any atom is 0.290 e. The summed E-state index contributed by atoms with van der Waals surface area (Å²) in [4.78, 5) is 26.0. The van der Waals surface area contributed by atoms with Gasteiger partial charge in [0.2, 0.25) is 0 Å². The van der Waals surface area contributed by atoms with E-state index in [9.17, 15) is 9.59 Å². The Morgan fingerprint density at radius 1 is 0.938 bits per heavy atom. The fourth-order valence-corrected chi connectivity index (χ4v) is 5.50. The summed E-state index contributed by atoms with van der Waals surface area (Å²) in [5, 5.41) is 2.00. The topological polar surface area (TPSA) is 49.4 Å². The second-order valence-corrected chi connectivity index (χ2v) is 11.5. The molecule has 1 fully saturated rings. The van der Waals surface area contributed by atoms with E-state index < -0.39 is 0 Å². The monoisotopic (exact) mass is 448 g/mol. The summed E-state index contributed by atoms with van der Waals surface area (Å²) in [6.45, 7) is 11.6. The fourth-order valence-electron chi connectivity index (χ4n) is 4.82. The Morgan fingerprint density at radius 2 is 1.56 bits per heavy atom. The van der Waals surface area contributed by atoms with E-state index in [4.69, 9.17) is 0 Å². The van der Waals surface area contributed by atoms with Gasteiger partial charge in [-0.15, -0.1) is 0 Å². The molecule has 2 aromatic rings. The molecule has 0 radical (unpaired) electrons. The van der Waals surface area contributed by atoms with Crippen LogP contribution in [0.25, 0.3) is 17.2 Å². The van der Waals surface area contributed by atoms with Gasteiger partial charge in [0, 0.05) is 25.3 Å². The Bertz CT molecular complexity index is 1160. The maximum atomic E-state index is 12.0. The Kier molecular flexibility index (Phi) is 5.52. The minimum Gasteiger partial charge on any atom is -0.377 e. The van der Waals surface area contributed by atoms with Crippen molar-refractivity contribution in [1.82, 2.24) is 5.32 Å². The van der Waals surface area contributed by atoms with Crippen LogP contribution in [0.15, 0.2) is 35.2 Å². The van der Waals surface area contributed by atoms with Crippen molar-refractivity contribution in [2.75, 3.05) is 19.0 Å². The molecule has 0 spiro atoms. The summed E-state index contributed by atoms with van der Waals surface area (Å²) < 4.78 is 0. The molecule has 1 aliphatic heterocycles. The number of nitrogens with one attached hydrogen (secondary N) is 1. The first-order valence-corrected chi connectivity index (χ1v) is 11.9. The Morgan fingerprint density at radius 3 is 2.12 bits per heavy atom. The normalized spacial score (nSPS) is 20.3. The molecule has 168 valence electrons. The van der Waals surface area contributed by atoms with E-state index in [1.165, 1.54) is 40.7 Å². The van der Waals surface area contributed by atoms with Crippen molar-refractivity contribution >= 4 is 34.7 Å². The molecule has 1 aliphatic carbocycles. The molecule has 0 atom stereocenters. The smallest absolute Gasteiger partial charge is 0.290 e. The van der Waals surface area contributed by atoms with Crippen molar-refractivity contribution in [2.45, 2.75) is 58.3 Å². The third kappa shape index (κ3) is 3.99. The zero-order chi connectivity index (χ0) is 23.4. The van der Waals surface area contributed by atoms with E-state index in [-0.39, 0.29) is 22.0 Å². The standard InChI is InChI=1S/C27H32N2O2S/c1-16-12-20-21(27(4,5)11-10-26(20,2)3)15-19(16)18-9-8-17(13-22(18)29(6)7)14-23-24(30)28-25(31)32-23/h8-9,12-15H,10-11H2,1-7H3,(H,28,30,31)/b23-14+. The van der Waals surface area contributed by atoms with Crippen molar-refractivity contribution in [1.29, 1.82) is 0 Å². The predicted molar refractivity (Wildman–Crippen MR) is 135 cm³/mol. The average Bonchev–Trinajstić information content (AvgIpc) is 3.02. The van der Waals surface area contributed by atoms with Gasteiger partial charge in [-0.1, -0.05) is 45.9 Å². The van der Waals surface area contributed by atoms with Gasteiger partial charge >= 0.3 is 0 Å². The number of hydrogen-bond acceptors (Lipinski definition) is 4. The third-order valence-corrected chi connectivity index (χ3v) is 7.74. The lowest BCUT2D eigenvalue weighted by Gasteiger charge is -2.42. The molecule has 0 unspecified atom stereocenters. The van der Waals surface area contributed by atoms with Crippen LogP contribution < -0.4 is 10.2 Å². The van der Waals surface area contributed by atoms with E-state index >= 15 is 0 Å². The number of fused-ring (bicyclic) bond motifs is 1. The van der Waals surface area contributed by atoms with Crippen LogP contribution >= 0.6 is 11.8 Å². The van der Waals surface area contributed by atoms with Gasteiger partial charge < -0.3 is 4.90 Å². The van der Waals surface area contributed by atoms with Gasteiger partial charge in [-0.05, 0) is 88.4 Å². The van der Waals surface area contributed by atoms with E-state index in [0.29, 0.717) is 4.91 Å². The summed E-state index contributed by atoms with van der Waals surface area (Å²) in [7, 11) is 4.08. The summed E-state index contributed by atoms with van der Waals surface area (Å²) >= 11 is 0.949. The average molecular weight is 449 g/mol. The molecular weight excluding hydrogens is 416 g/mol. The number of carbonyl (C=O) groups excluding carboxylic acids is 2. The molecular formula is C27H32N2O2S. The van der Waals surface area contributed by atoms with Gasteiger partial charge in [-0.2, -0.15) is 0 Å². The largest absolute Gasteiger partial charge is 0.377 e. The molecule has 32 heavy (non-hydrogen) atoms. The summed E-state index contributed by atoms with van der Waals surface area (Å²) in [5.74, 6) is -0.328. The first kappa shape index (κ1) is 22.7. The van der Waals surface area contributed by atoms with Gasteiger partial charge in [-0.25, -0.2) is 0 Å². The Labute approximate surface area is 195 Å². The van der Waals surface area contributed by atoms with Crippen LogP contribution in [-0.2, 0) is 15.6 Å². The molecule has 0 bridgehead atoms. The van der Waals surface area contributed by atoms with Crippen molar-refractivity contribution in [2.24, 2.45) is 0 Å². The molecule has 0 saturated carbocycles. The van der Waals surface area contributed by atoms with E-state index in [1.807, 2.05) is 20.2 Å². The molecule has 4 nitrogen and oxygen atoms in total. The maximum absolute atomic E-state index is 12.0. The van der Waals surface area contributed by atoms with Crippen molar-refractivity contribution in [3.63, 3.8) is 0 Å². The SMILES string of the molecule is Cc1cc2c(cc1-c1ccc(/C=C3/SC(=O)NC3=O)cc1N(C)C)C(C)(C)CCC2(C)C. The van der Waals surface area contributed by atoms with Crippen LogP contribution in [0.3, 0.4) is 0 Å². The van der Waals surface area contributed by atoms with Crippen molar-refractivity contribution in [3.05, 3.63) is 57.5 Å². The minimum atomic E-state index is -0.328. The molecule has 2 aromatic carbocycles. The molecule has 2 aliphatic rings. The highest BCUT2D eigenvalue weighted by atomic mass is 32.2. The van der Waals surface area contributed by atoms with Crippen LogP contribution in [0, 0.1) is 6.92 Å². The van der Waals surface area contributed by atoms with Crippen LogP contribution in [0.5, 0.6) is 0 Å².